The van der Waals surface area contributed by atoms with Gasteiger partial charge in [-0.2, -0.15) is 0 Å². The SMILES string of the molecule is CCCCCCCCCCCCCCCCCCCC(=O)OCCC(CCCCCCCC)CCCCCCCCCC. The molecule has 0 aromatic heterocycles. The van der Waals surface area contributed by atoms with Crippen LogP contribution in [0.3, 0.4) is 0 Å². The second-order valence-corrected chi connectivity index (χ2v) is 14.1. The Labute approximate surface area is 273 Å². The van der Waals surface area contributed by atoms with Gasteiger partial charge in [0.15, 0.2) is 0 Å². The molecular weight excluding hydrogens is 524 g/mol. The molecule has 0 heterocycles. The maximum absolute atomic E-state index is 12.3. The second kappa shape index (κ2) is 37.7. The average molecular weight is 607 g/mol. The minimum Gasteiger partial charge on any atom is -0.466 e. The number of unbranched alkanes of at least 4 members (excludes halogenated alkanes) is 28. The molecule has 0 aliphatic heterocycles. The highest BCUT2D eigenvalue weighted by Gasteiger charge is 2.11. The largest absolute Gasteiger partial charge is 0.466 e. The van der Waals surface area contributed by atoms with Gasteiger partial charge in [-0.15, -0.1) is 0 Å². The Kier molecular flexibility index (Phi) is 37.2. The molecule has 2 nitrogen and oxygen atoms in total. The third-order valence-corrected chi connectivity index (χ3v) is 9.71. The molecule has 1 unspecified atom stereocenters. The summed E-state index contributed by atoms with van der Waals surface area (Å²) in [6.07, 6.45) is 47.1. The lowest BCUT2D eigenvalue weighted by atomic mass is 9.91. The lowest BCUT2D eigenvalue weighted by Gasteiger charge is -2.17. The van der Waals surface area contributed by atoms with Gasteiger partial charge in [0.05, 0.1) is 6.61 Å². The lowest BCUT2D eigenvalue weighted by molar-refractivity contribution is -0.144. The fourth-order valence-electron chi connectivity index (χ4n) is 6.62. The summed E-state index contributed by atoms with van der Waals surface area (Å²) in [7, 11) is 0. The zero-order valence-electron chi connectivity index (χ0n) is 30.3. The van der Waals surface area contributed by atoms with E-state index in [0.717, 1.165) is 18.8 Å². The van der Waals surface area contributed by atoms with Gasteiger partial charge in [-0.1, -0.05) is 226 Å². The molecule has 0 saturated carbocycles. The van der Waals surface area contributed by atoms with E-state index in [1.165, 1.54) is 205 Å². The molecule has 0 aromatic carbocycles. The summed E-state index contributed by atoms with van der Waals surface area (Å²) in [4.78, 5) is 12.3. The van der Waals surface area contributed by atoms with Crippen molar-refractivity contribution < 1.29 is 9.53 Å². The summed E-state index contributed by atoms with van der Waals surface area (Å²) in [6.45, 7) is 7.53. The maximum Gasteiger partial charge on any atom is 0.305 e. The maximum atomic E-state index is 12.3. The van der Waals surface area contributed by atoms with Crippen LogP contribution in [-0.4, -0.2) is 12.6 Å². The zero-order chi connectivity index (χ0) is 31.3. The number of rotatable bonds is 37. The molecule has 1 atom stereocenters. The van der Waals surface area contributed by atoms with E-state index in [9.17, 15) is 4.79 Å². The average Bonchev–Trinajstić information content (AvgIpc) is 3.01. The van der Waals surface area contributed by atoms with Crippen molar-refractivity contribution >= 4 is 5.97 Å². The topological polar surface area (TPSA) is 26.3 Å². The van der Waals surface area contributed by atoms with E-state index in [0.29, 0.717) is 13.0 Å². The predicted octanol–water partition coefficient (Wildman–Crippen LogP) is 14.9. The van der Waals surface area contributed by atoms with Crippen molar-refractivity contribution in [3.05, 3.63) is 0 Å². The summed E-state index contributed by atoms with van der Waals surface area (Å²) in [5.41, 5.74) is 0. The standard InChI is InChI=1S/C41H82O2/c1-4-7-10-13-16-18-19-20-21-22-23-24-25-26-28-31-34-37-41(42)43-39-38-40(35-32-29-15-12-9-6-3)36-33-30-27-17-14-11-8-5-2/h40H,4-39H2,1-3H3. The fraction of sp³-hybridized carbons (Fsp3) is 0.976. The van der Waals surface area contributed by atoms with Crippen molar-refractivity contribution in [2.75, 3.05) is 6.61 Å². The number of hydrogen-bond acceptors (Lipinski definition) is 2. The fourth-order valence-corrected chi connectivity index (χ4v) is 6.62. The van der Waals surface area contributed by atoms with Crippen LogP contribution >= 0.6 is 0 Å². The first-order chi connectivity index (χ1) is 21.2. The molecule has 0 N–H and O–H groups in total. The molecule has 2 heteroatoms. The summed E-state index contributed by atoms with van der Waals surface area (Å²) < 4.78 is 5.70. The Bertz CT molecular complexity index is 516. The number of ether oxygens (including phenoxy) is 1. The number of esters is 1. The minimum absolute atomic E-state index is 0.0476. The Hall–Kier alpha value is -0.530. The van der Waals surface area contributed by atoms with Gasteiger partial charge in [0.1, 0.15) is 0 Å². The Morgan fingerprint density at radius 3 is 0.977 bits per heavy atom. The molecule has 0 amide bonds. The molecule has 0 saturated heterocycles. The van der Waals surface area contributed by atoms with Crippen LogP contribution < -0.4 is 0 Å². The summed E-state index contributed by atoms with van der Waals surface area (Å²) in [5, 5.41) is 0. The lowest BCUT2D eigenvalue weighted by Crippen LogP contribution is -2.10. The van der Waals surface area contributed by atoms with Gasteiger partial charge in [-0.25, -0.2) is 0 Å². The van der Waals surface area contributed by atoms with E-state index in [1.54, 1.807) is 0 Å². The van der Waals surface area contributed by atoms with Crippen LogP contribution in [0.2, 0.25) is 0 Å². The number of carbonyl (C=O) groups is 1. The normalized spacial score (nSPS) is 12.2. The monoisotopic (exact) mass is 607 g/mol. The molecule has 0 radical (unpaired) electrons. The first-order valence-corrected chi connectivity index (χ1v) is 20.4. The van der Waals surface area contributed by atoms with Crippen LogP contribution in [0.5, 0.6) is 0 Å². The van der Waals surface area contributed by atoms with Crippen LogP contribution in [0.15, 0.2) is 0 Å². The Balaban J connectivity index is 3.73. The van der Waals surface area contributed by atoms with Gasteiger partial charge in [0, 0.05) is 6.42 Å². The number of hydrogen-bond donors (Lipinski definition) is 0. The third kappa shape index (κ3) is 35.8. The van der Waals surface area contributed by atoms with E-state index in [4.69, 9.17) is 4.74 Å². The van der Waals surface area contributed by atoms with Crippen LogP contribution in [0.25, 0.3) is 0 Å². The van der Waals surface area contributed by atoms with Crippen molar-refractivity contribution in [3.63, 3.8) is 0 Å². The highest BCUT2D eigenvalue weighted by atomic mass is 16.5. The molecule has 0 spiro atoms. The molecule has 258 valence electrons. The molecule has 0 aromatic rings. The van der Waals surface area contributed by atoms with Gasteiger partial charge in [-0.3, -0.25) is 4.79 Å². The van der Waals surface area contributed by atoms with Crippen molar-refractivity contribution in [3.8, 4) is 0 Å². The first-order valence-electron chi connectivity index (χ1n) is 20.4. The highest BCUT2D eigenvalue weighted by molar-refractivity contribution is 5.69. The quantitative estimate of drug-likeness (QED) is 0.0519. The summed E-state index contributed by atoms with van der Waals surface area (Å²) in [5.74, 6) is 0.797. The first kappa shape index (κ1) is 42.5. The molecule has 0 bridgehead atoms. The Morgan fingerprint density at radius 1 is 0.372 bits per heavy atom. The number of carbonyl (C=O) groups excluding carboxylic acids is 1. The van der Waals surface area contributed by atoms with E-state index in [-0.39, 0.29) is 5.97 Å². The summed E-state index contributed by atoms with van der Waals surface area (Å²) >= 11 is 0. The highest BCUT2D eigenvalue weighted by Crippen LogP contribution is 2.23. The van der Waals surface area contributed by atoms with Crippen molar-refractivity contribution in [2.45, 2.75) is 245 Å². The molecule has 0 rings (SSSR count). The van der Waals surface area contributed by atoms with Crippen LogP contribution in [0.4, 0.5) is 0 Å². The molecule has 0 aliphatic rings. The second-order valence-electron chi connectivity index (χ2n) is 14.1. The smallest absolute Gasteiger partial charge is 0.305 e. The Morgan fingerprint density at radius 2 is 0.651 bits per heavy atom. The molecule has 0 aliphatic carbocycles. The van der Waals surface area contributed by atoms with Gasteiger partial charge >= 0.3 is 5.97 Å². The van der Waals surface area contributed by atoms with Crippen molar-refractivity contribution in [1.82, 2.24) is 0 Å². The van der Waals surface area contributed by atoms with E-state index in [2.05, 4.69) is 20.8 Å². The van der Waals surface area contributed by atoms with Gasteiger partial charge in [0.25, 0.3) is 0 Å². The minimum atomic E-state index is 0.0476. The van der Waals surface area contributed by atoms with E-state index in [1.807, 2.05) is 0 Å². The molecule has 43 heavy (non-hydrogen) atoms. The zero-order valence-corrected chi connectivity index (χ0v) is 30.3. The van der Waals surface area contributed by atoms with Crippen molar-refractivity contribution in [2.24, 2.45) is 5.92 Å². The summed E-state index contributed by atoms with van der Waals surface area (Å²) in [6, 6.07) is 0. The molecular formula is C41H82O2. The van der Waals surface area contributed by atoms with E-state index >= 15 is 0 Å². The van der Waals surface area contributed by atoms with Gasteiger partial charge in [-0.05, 0) is 18.8 Å². The molecule has 0 fully saturated rings. The van der Waals surface area contributed by atoms with Crippen LogP contribution in [0, 0.1) is 5.92 Å². The van der Waals surface area contributed by atoms with Crippen LogP contribution in [0.1, 0.15) is 245 Å². The van der Waals surface area contributed by atoms with Gasteiger partial charge < -0.3 is 4.74 Å². The van der Waals surface area contributed by atoms with Gasteiger partial charge in [0.2, 0.25) is 0 Å². The third-order valence-electron chi connectivity index (χ3n) is 9.71. The van der Waals surface area contributed by atoms with Crippen LogP contribution in [-0.2, 0) is 9.53 Å². The predicted molar refractivity (Wildman–Crippen MR) is 193 cm³/mol. The van der Waals surface area contributed by atoms with E-state index < -0.39 is 0 Å². The van der Waals surface area contributed by atoms with Crippen molar-refractivity contribution in [1.29, 1.82) is 0 Å².